The Bertz CT molecular complexity index is 473. The van der Waals surface area contributed by atoms with Gasteiger partial charge in [-0.1, -0.05) is 13.8 Å². The molecule has 1 aromatic carbocycles. The molecule has 0 radical (unpaired) electrons. The number of ether oxygens (including phenoxy) is 1. The Morgan fingerprint density at radius 3 is 2.20 bits per heavy atom. The van der Waals surface area contributed by atoms with Crippen LogP contribution in [0.15, 0.2) is 24.3 Å². The van der Waals surface area contributed by atoms with Crippen LogP contribution in [0.5, 0.6) is 5.75 Å². The van der Waals surface area contributed by atoms with Crippen LogP contribution >= 0.6 is 0 Å². The van der Waals surface area contributed by atoms with Crippen molar-refractivity contribution < 1.29 is 14.6 Å². The van der Waals surface area contributed by atoms with Gasteiger partial charge in [-0.15, -0.1) is 0 Å². The third-order valence-electron chi connectivity index (χ3n) is 3.76. The fourth-order valence-electron chi connectivity index (χ4n) is 2.25. The lowest BCUT2D eigenvalue weighted by molar-refractivity contribution is -0.110. The minimum atomic E-state index is -0.726. The molecule has 1 heterocycles. The molecule has 0 spiro atoms. The van der Waals surface area contributed by atoms with E-state index in [1.807, 2.05) is 39.8 Å². The zero-order valence-corrected chi connectivity index (χ0v) is 12.6. The Hall–Kier alpha value is -1.55. The van der Waals surface area contributed by atoms with Gasteiger partial charge in [-0.3, -0.25) is 4.79 Å². The lowest BCUT2D eigenvalue weighted by Gasteiger charge is -2.49. The van der Waals surface area contributed by atoms with Gasteiger partial charge in [0.1, 0.15) is 11.4 Å². The van der Waals surface area contributed by atoms with Crippen LogP contribution in [0.2, 0.25) is 0 Å². The van der Waals surface area contributed by atoms with Crippen LogP contribution in [-0.4, -0.2) is 40.7 Å². The van der Waals surface area contributed by atoms with Gasteiger partial charge in [-0.05, 0) is 44.0 Å². The lowest BCUT2D eigenvalue weighted by Crippen LogP contribution is -2.65. The Kier molecular flexibility index (Phi) is 4.04. The first-order valence-corrected chi connectivity index (χ1v) is 7.10. The van der Waals surface area contributed by atoms with Crippen molar-refractivity contribution in [1.29, 1.82) is 0 Å². The number of carbonyl (C=O) groups excluding carboxylic acids is 1. The van der Waals surface area contributed by atoms with Crippen LogP contribution < -0.4 is 4.74 Å². The second-order valence-corrected chi connectivity index (χ2v) is 6.11. The highest BCUT2D eigenvalue weighted by Crippen LogP contribution is 2.30. The summed E-state index contributed by atoms with van der Waals surface area (Å²) in [4.78, 5) is 13.9. The van der Waals surface area contributed by atoms with Crippen LogP contribution in [0.1, 0.15) is 38.1 Å². The zero-order valence-electron chi connectivity index (χ0n) is 12.6. The van der Waals surface area contributed by atoms with Crippen molar-refractivity contribution >= 4 is 5.91 Å². The highest BCUT2D eigenvalue weighted by atomic mass is 16.5. The summed E-state index contributed by atoms with van der Waals surface area (Å²) < 4.78 is 5.55. The van der Waals surface area contributed by atoms with E-state index in [9.17, 15) is 9.90 Å². The molecule has 1 fully saturated rings. The number of hydrogen-bond donors (Lipinski definition) is 1. The Balaban J connectivity index is 1.98. The van der Waals surface area contributed by atoms with Crippen LogP contribution in [0.3, 0.4) is 0 Å². The molecule has 1 aromatic rings. The Morgan fingerprint density at radius 2 is 1.75 bits per heavy atom. The van der Waals surface area contributed by atoms with E-state index < -0.39 is 5.60 Å². The molecule has 20 heavy (non-hydrogen) atoms. The SMILES string of the molecule is CC(C)Oc1ccc(C(=O)N2CC(O)(C(C)C)C2)cc1. The molecular weight excluding hydrogens is 254 g/mol. The number of likely N-dealkylation sites (tertiary alicyclic amines) is 1. The smallest absolute Gasteiger partial charge is 0.254 e. The maximum absolute atomic E-state index is 12.2. The first kappa shape index (κ1) is 14.9. The lowest BCUT2D eigenvalue weighted by atomic mass is 9.82. The molecule has 110 valence electrons. The molecule has 1 N–H and O–H groups in total. The fourth-order valence-corrected chi connectivity index (χ4v) is 2.25. The second-order valence-electron chi connectivity index (χ2n) is 6.11. The second kappa shape index (κ2) is 5.44. The van der Waals surface area contributed by atoms with Crippen molar-refractivity contribution in [3.63, 3.8) is 0 Å². The monoisotopic (exact) mass is 277 g/mol. The van der Waals surface area contributed by atoms with E-state index in [1.165, 1.54) is 0 Å². The summed E-state index contributed by atoms with van der Waals surface area (Å²) in [6.45, 7) is 8.69. The van der Waals surface area contributed by atoms with E-state index in [2.05, 4.69) is 0 Å². The average molecular weight is 277 g/mol. The van der Waals surface area contributed by atoms with Gasteiger partial charge in [0.25, 0.3) is 5.91 Å². The van der Waals surface area contributed by atoms with E-state index in [-0.39, 0.29) is 17.9 Å². The van der Waals surface area contributed by atoms with Gasteiger partial charge in [0.15, 0.2) is 0 Å². The molecule has 0 saturated carbocycles. The average Bonchev–Trinajstić information content (AvgIpc) is 2.34. The van der Waals surface area contributed by atoms with Crippen molar-refractivity contribution in [2.24, 2.45) is 5.92 Å². The molecule has 1 saturated heterocycles. The number of nitrogens with zero attached hydrogens (tertiary/aromatic N) is 1. The van der Waals surface area contributed by atoms with Crippen molar-refractivity contribution in [1.82, 2.24) is 4.90 Å². The Morgan fingerprint density at radius 1 is 1.20 bits per heavy atom. The van der Waals surface area contributed by atoms with Gasteiger partial charge in [-0.2, -0.15) is 0 Å². The van der Waals surface area contributed by atoms with Gasteiger partial charge >= 0.3 is 0 Å². The standard InChI is InChI=1S/C16H23NO3/c1-11(2)16(19)9-17(10-16)15(18)13-5-7-14(8-6-13)20-12(3)4/h5-8,11-12,19H,9-10H2,1-4H3. The summed E-state index contributed by atoms with van der Waals surface area (Å²) >= 11 is 0. The van der Waals surface area contributed by atoms with Gasteiger partial charge in [0.05, 0.1) is 19.2 Å². The molecule has 0 unspecified atom stereocenters. The highest BCUT2D eigenvalue weighted by molar-refractivity contribution is 5.95. The molecule has 0 aromatic heterocycles. The van der Waals surface area contributed by atoms with Crippen molar-refractivity contribution in [2.45, 2.75) is 39.4 Å². The summed E-state index contributed by atoms with van der Waals surface area (Å²) in [6.07, 6.45) is 0.119. The number of hydrogen-bond acceptors (Lipinski definition) is 3. The maximum Gasteiger partial charge on any atom is 0.254 e. The molecule has 1 amide bonds. The first-order chi connectivity index (χ1) is 9.32. The van der Waals surface area contributed by atoms with Crippen molar-refractivity contribution in [2.75, 3.05) is 13.1 Å². The predicted molar refractivity (Wildman–Crippen MR) is 77.9 cm³/mol. The fraction of sp³-hybridized carbons (Fsp3) is 0.562. The van der Waals surface area contributed by atoms with E-state index in [1.54, 1.807) is 17.0 Å². The largest absolute Gasteiger partial charge is 0.491 e. The van der Waals surface area contributed by atoms with Crippen LogP contribution in [0, 0.1) is 5.92 Å². The number of amides is 1. The third kappa shape index (κ3) is 2.96. The molecule has 4 nitrogen and oxygen atoms in total. The highest BCUT2D eigenvalue weighted by Gasteiger charge is 2.45. The van der Waals surface area contributed by atoms with Crippen molar-refractivity contribution in [3.8, 4) is 5.75 Å². The van der Waals surface area contributed by atoms with Gasteiger partial charge in [-0.25, -0.2) is 0 Å². The normalized spacial score (nSPS) is 17.2. The Labute approximate surface area is 120 Å². The van der Waals surface area contributed by atoms with Gasteiger partial charge in [0.2, 0.25) is 0 Å². The van der Waals surface area contributed by atoms with E-state index >= 15 is 0 Å². The van der Waals surface area contributed by atoms with Gasteiger partial charge in [0, 0.05) is 5.56 Å². The molecule has 1 aliphatic heterocycles. The maximum atomic E-state index is 12.2. The van der Waals surface area contributed by atoms with Crippen LogP contribution in [-0.2, 0) is 0 Å². The number of β-amino-alcohol motifs (C(OH)–C–C–N with tert-alkyl or cyclic N) is 1. The topological polar surface area (TPSA) is 49.8 Å². The number of carbonyl (C=O) groups is 1. The minimum Gasteiger partial charge on any atom is -0.491 e. The van der Waals surface area contributed by atoms with E-state index in [0.29, 0.717) is 18.7 Å². The number of rotatable bonds is 4. The molecule has 4 heteroatoms. The van der Waals surface area contributed by atoms with E-state index in [0.717, 1.165) is 5.75 Å². The van der Waals surface area contributed by atoms with Crippen LogP contribution in [0.4, 0.5) is 0 Å². The number of aliphatic hydroxyl groups is 1. The summed E-state index contributed by atoms with van der Waals surface area (Å²) in [5.74, 6) is 0.888. The number of benzene rings is 1. The quantitative estimate of drug-likeness (QED) is 0.919. The zero-order chi connectivity index (χ0) is 14.9. The molecule has 0 bridgehead atoms. The van der Waals surface area contributed by atoms with Crippen molar-refractivity contribution in [3.05, 3.63) is 29.8 Å². The minimum absolute atomic E-state index is 0.0357. The predicted octanol–water partition coefficient (Wildman–Crippen LogP) is 2.32. The van der Waals surface area contributed by atoms with Gasteiger partial charge < -0.3 is 14.7 Å². The van der Waals surface area contributed by atoms with E-state index in [4.69, 9.17) is 4.74 Å². The molecular formula is C16H23NO3. The molecule has 0 aliphatic carbocycles. The molecule has 0 atom stereocenters. The molecule has 2 rings (SSSR count). The summed E-state index contributed by atoms with van der Waals surface area (Å²) in [7, 11) is 0. The summed E-state index contributed by atoms with van der Waals surface area (Å²) in [5.41, 5.74) is -0.0944. The van der Waals surface area contributed by atoms with Crippen LogP contribution in [0.25, 0.3) is 0 Å². The summed E-state index contributed by atoms with van der Waals surface area (Å²) in [5, 5.41) is 10.2. The third-order valence-corrected chi connectivity index (χ3v) is 3.76. The summed E-state index contributed by atoms with van der Waals surface area (Å²) in [6, 6.07) is 7.16. The first-order valence-electron chi connectivity index (χ1n) is 7.10. The molecule has 1 aliphatic rings.